The van der Waals surface area contributed by atoms with Gasteiger partial charge in [-0.2, -0.15) is 0 Å². The van der Waals surface area contributed by atoms with Crippen LogP contribution in [0.4, 0.5) is 0 Å². The Balaban J connectivity index is 2.41. The Morgan fingerprint density at radius 1 is 1.10 bits per heavy atom. The molecule has 1 aliphatic carbocycles. The molecule has 1 aromatic carbocycles. The summed E-state index contributed by atoms with van der Waals surface area (Å²) in [5.74, 6) is 1.68. The summed E-state index contributed by atoms with van der Waals surface area (Å²) < 4.78 is 5.51. The number of methoxy groups -OCH3 is 1. The SMILES string of the molecule is CCNC(c1cc(C)c(OC)c(C)c1)C1C(C)(C)C1(C)C. The van der Waals surface area contributed by atoms with Gasteiger partial charge < -0.3 is 10.1 Å². The summed E-state index contributed by atoms with van der Waals surface area (Å²) >= 11 is 0. The van der Waals surface area contributed by atoms with Crippen LogP contribution in [0.25, 0.3) is 0 Å². The van der Waals surface area contributed by atoms with E-state index in [1.807, 2.05) is 0 Å². The van der Waals surface area contributed by atoms with E-state index < -0.39 is 0 Å². The molecule has 2 nitrogen and oxygen atoms in total. The van der Waals surface area contributed by atoms with E-state index in [4.69, 9.17) is 4.74 Å². The minimum atomic E-state index is 0.377. The van der Waals surface area contributed by atoms with Crippen LogP contribution in [0.2, 0.25) is 0 Å². The van der Waals surface area contributed by atoms with Crippen molar-refractivity contribution in [1.29, 1.82) is 0 Å². The van der Waals surface area contributed by atoms with Crippen LogP contribution in [0.15, 0.2) is 12.1 Å². The molecule has 0 spiro atoms. The molecule has 21 heavy (non-hydrogen) atoms. The van der Waals surface area contributed by atoms with E-state index in [2.05, 4.69) is 65.9 Å². The van der Waals surface area contributed by atoms with Gasteiger partial charge in [-0.3, -0.25) is 0 Å². The number of ether oxygens (including phenoxy) is 1. The van der Waals surface area contributed by atoms with Gasteiger partial charge in [0, 0.05) is 6.04 Å². The third-order valence-corrected chi connectivity index (χ3v) is 5.94. The predicted molar refractivity (Wildman–Crippen MR) is 89.9 cm³/mol. The van der Waals surface area contributed by atoms with E-state index in [1.54, 1.807) is 7.11 Å². The average molecular weight is 289 g/mol. The van der Waals surface area contributed by atoms with E-state index in [9.17, 15) is 0 Å². The molecule has 118 valence electrons. The highest BCUT2D eigenvalue weighted by molar-refractivity contribution is 5.45. The smallest absolute Gasteiger partial charge is 0.124 e. The van der Waals surface area contributed by atoms with Crippen LogP contribution in [0.1, 0.15) is 57.4 Å². The standard InChI is InChI=1S/C19H31NO/c1-9-20-15(17-18(4,5)19(17,6)7)14-10-12(2)16(21-8)13(3)11-14/h10-11,15,17,20H,9H2,1-8H3. The van der Waals surface area contributed by atoms with Crippen molar-refractivity contribution in [3.63, 3.8) is 0 Å². The van der Waals surface area contributed by atoms with Gasteiger partial charge >= 0.3 is 0 Å². The van der Waals surface area contributed by atoms with Gasteiger partial charge in [0.25, 0.3) is 0 Å². The molecule has 1 unspecified atom stereocenters. The highest BCUT2D eigenvalue weighted by Crippen LogP contribution is 2.72. The first-order chi connectivity index (χ1) is 9.68. The van der Waals surface area contributed by atoms with E-state index in [1.165, 1.54) is 16.7 Å². The molecule has 0 radical (unpaired) electrons. The van der Waals surface area contributed by atoms with Gasteiger partial charge in [0.1, 0.15) is 5.75 Å². The minimum absolute atomic E-state index is 0.377. The second kappa shape index (κ2) is 5.31. The first kappa shape index (κ1) is 16.4. The van der Waals surface area contributed by atoms with Crippen molar-refractivity contribution in [3.8, 4) is 5.75 Å². The number of hydrogen-bond acceptors (Lipinski definition) is 2. The molecule has 1 N–H and O–H groups in total. The molecule has 0 aliphatic heterocycles. The molecule has 1 atom stereocenters. The molecule has 0 amide bonds. The molecule has 0 heterocycles. The van der Waals surface area contributed by atoms with Gasteiger partial charge in [0.05, 0.1) is 7.11 Å². The molecule has 2 heteroatoms. The Morgan fingerprint density at radius 2 is 1.57 bits per heavy atom. The summed E-state index contributed by atoms with van der Waals surface area (Å²) in [4.78, 5) is 0. The largest absolute Gasteiger partial charge is 0.496 e. The van der Waals surface area contributed by atoms with Crippen molar-refractivity contribution < 1.29 is 4.74 Å². The van der Waals surface area contributed by atoms with Gasteiger partial charge in [-0.25, -0.2) is 0 Å². The van der Waals surface area contributed by atoms with Gasteiger partial charge in [-0.15, -0.1) is 0 Å². The molecular weight excluding hydrogens is 258 g/mol. The van der Waals surface area contributed by atoms with Crippen molar-refractivity contribution in [1.82, 2.24) is 5.32 Å². The van der Waals surface area contributed by atoms with Gasteiger partial charge in [0.15, 0.2) is 0 Å². The van der Waals surface area contributed by atoms with Crippen molar-refractivity contribution in [2.24, 2.45) is 16.7 Å². The lowest BCUT2D eigenvalue weighted by Gasteiger charge is -2.23. The Kier molecular flexibility index (Phi) is 4.14. The highest BCUT2D eigenvalue weighted by Gasteiger charge is 2.67. The summed E-state index contributed by atoms with van der Waals surface area (Å²) in [7, 11) is 1.75. The van der Waals surface area contributed by atoms with Gasteiger partial charge in [-0.1, -0.05) is 46.8 Å². The number of nitrogens with one attached hydrogen (secondary N) is 1. The van der Waals surface area contributed by atoms with Crippen LogP contribution in [0.5, 0.6) is 5.75 Å². The first-order valence-electron chi connectivity index (χ1n) is 8.07. The van der Waals surface area contributed by atoms with Crippen molar-refractivity contribution in [2.45, 2.75) is 54.5 Å². The Morgan fingerprint density at radius 3 is 1.90 bits per heavy atom. The lowest BCUT2D eigenvalue weighted by molar-refractivity contribution is 0.403. The molecule has 1 aromatic rings. The summed E-state index contributed by atoms with van der Waals surface area (Å²) in [6.07, 6.45) is 0. The lowest BCUT2D eigenvalue weighted by Crippen LogP contribution is -2.25. The molecule has 0 saturated heterocycles. The molecule has 1 aliphatic rings. The molecule has 0 bridgehead atoms. The zero-order chi connectivity index (χ0) is 16.0. The van der Waals surface area contributed by atoms with E-state index in [0.717, 1.165) is 12.3 Å². The number of benzene rings is 1. The maximum Gasteiger partial charge on any atom is 0.124 e. The third-order valence-electron chi connectivity index (χ3n) is 5.94. The van der Waals surface area contributed by atoms with Crippen LogP contribution < -0.4 is 10.1 Å². The normalized spacial score (nSPS) is 21.1. The zero-order valence-electron chi connectivity index (χ0n) is 14.9. The van der Waals surface area contributed by atoms with Crippen LogP contribution in [-0.2, 0) is 0 Å². The topological polar surface area (TPSA) is 21.3 Å². The first-order valence-corrected chi connectivity index (χ1v) is 8.07. The molecule has 1 saturated carbocycles. The molecule has 1 fully saturated rings. The van der Waals surface area contributed by atoms with Crippen LogP contribution >= 0.6 is 0 Å². The number of rotatable bonds is 5. The zero-order valence-corrected chi connectivity index (χ0v) is 14.9. The number of aryl methyl sites for hydroxylation is 2. The summed E-state index contributed by atoms with van der Waals surface area (Å²) in [5.41, 5.74) is 4.61. The number of hydrogen-bond donors (Lipinski definition) is 1. The van der Waals surface area contributed by atoms with E-state index in [-0.39, 0.29) is 0 Å². The summed E-state index contributed by atoms with van der Waals surface area (Å²) in [6, 6.07) is 5.01. The van der Waals surface area contributed by atoms with E-state index >= 15 is 0 Å². The fourth-order valence-electron chi connectivity index (χ4n) is 4.21. The van der Waals surface area contributed by atoms with Crippen LogP contribution in [-0.4, -0.2) is 13.7 Å². The Hall–Kier alpha value is -1.02. The molecule has 0 aromatic heterocycles. The average Bonchev–Trinajstić information content (AvgIpc) is 2.77. The van der Waals surface area contributed by atoms with Crippen molar-refractivity contribution in [3.05, 3.63) is 28.8 Å². The predicted octanol–water partition coefficient (Wildman–Crippen LogP) is 4.64. The fourth-order valence-corrected chi connectivity index (χ4v) is 4.21. The maximum absolute atomic E-state index is 5.51. The monoisotopic (exact) mass is 289 g/mol. The highest BCUT2D eigenvalue weighted by atomic mass is 16.5. The van der Waals surface area contributed by atoms with Crippen molar-refractivity contribution in [2.75, 3.05) is 13.7 Å². The summed E-state index contributed by atoms with van der Waals surface area (Å²) in [6.45, 7) is 17.0. The van der Waals surface area contributed by atoms with Crippen molar-refractivity contribution >= 4 is 0 Å². The fraction of sp³-hybridized carbons (Fsp3) is 0.684. The van der Waals surface area contributed by atoms with E-state index in [0.29, 0.717) is 22.8 Å². The Bertz CT molecular complexity index is 493. The molecule has 2 rings (SSSR count). The lowest BCUT2D eigenvalue weighted by atomic mass is 9.93. The maximum atomic E-state index is 5.51. The van der Waals surface area contributed by atoms with Crippen LogP contribution in [0, 0.1) is 30.6 Å². The Labute approximate surface area is 130 Å². The quantitative estimate of drug-likeness (QED) is 0.852. The van der Waals surface area contributed by atoms with Gasteiger partial charge in [-0.05, 0) is 53.8 Å². The van der Waals surface area contributed by atoms with Crippen LogP contribution in [0.3, 0.4) is 0 Å². The summed E-state index contributed by atoms with van der Waals surface area (Å²) in [5, 5.41) is 3.72. The van der Waals surface area contributed by atoms with Gasteiger partial charge in [0.2, 0.25) is 0 Å². The second-order valence-corrected chi connectivity index (χ2v) is 7.64. The second-order valence-electron chi connectivity index (χ2n) is 7.64. The minimum Gasteiger partial charge on any atom is -0.496 e. The molecular formula is C19H31NO. The third kappa shape index (κ3) is 2.48.